The highest BCUT2D eigenvalue weighted by Crippen LogP contribution is 2.32. The molecule has 0 heterocycles. The topological polar surface area (TPSA) is 21.3 Å². The van der Waals surface area contributed by atoms with Gasteiger partial charge in [-0.25, -0.2) is 0 Å². The van der Waals surface area contributed by atoms with Crippen LogP contribution in [0.5, 0.6) is 5.75 Å². The van der Waals surface area contributed by atoms with E-state index in [4.69, 9.17) is 27.9 Å². The SMILES string of the molecule is CCNCc1cc(Cl)cc(Cl)c1OCCC(C)C. The van der Waals surface area contributed by atoms with Crippen LogP contribution in [-0.2, 0) is 6.54 Å². The molecular weight excluding hydrogens is 269 g/mol. The number of rotatable bonds is 7. The van der Waals surface area contributed by atoms with Crippen LogP contribution in [0.3, 0.4) is 0 Å². The molecule has 102 valence electrons. The molecule has 18 heavy (non-hydrogen) atoms. The van der Waals surface area contributed by atoms with Gasteiger partial charge in [0.15, 0.2) is 0 Å². The number of benzene rings is 1. The van der Waals surface area contributed by atoms with E-state index >= 15 is 0 Å². The summed E-state index contributed by atoms with van der Waals surface area (Å²) < 4.78 is 5.80. The lowest BCUT2D eigenvalue weighted by Gasteiger charge is -2.15. The van der Waals surface area contributed by atoms with Gasteiger partial charge in [-0.15, -0.1) is 0 Å². The molecule has 0 unspecified atom stereocenters. The van der Waals surface area contributed by atoms with Crippen molar-refractivity contribution in [3.05, 3.63) is 27.7 Å². The fourth-order valence-corrected chi connectivity index (χ4v) is 2.15. The molecule has 0 saturated carbocycles. The number of hydrogen-bond donors (Lipinski definition) is 1. The summed E-state index contributed by atoms with van der Waals surface area (Å²) in [5.41, 5.74) is 1.01. The first-order chi connectivity index (χ1) is 8.54. The molecule has 1 aromatic carbocycles. The molecule has 2 nitrogen and oxygen atoms in total. The van der Waals surface area contributed by atoms with E-state index in [1.54, 1.807) is 6.07 Å². The maximum atomic E-state index is 6.19. The van der Waals surface area contributed by atoms with Crippen molar-refractivity contribution >= 4 is 23.2 Å². The van der Waals surface area contributed by atoms with Gasteiger partial charge in [-0.3, -0.25) is 0 Å². The Morgan fingerprint density at radius 3 is 2.61 bits per heavy atom. The average molecular weight is 290 g/mol. The predicted molar refractivity (Wildman–Crippen MR) is 78.8 cm³/mol. The third-order valence-corrected chi connectivity index (χ3v) is 3.09. The van der Waals surface area contributed by atoms with Gasteiger partial charge in [0.05, 0.1) is 11.6 Å². The summed E-state index contributed by atoms with van der Waals surface area (Å²) in [4.78, 5) is 0. The molecule has 0 radical (unpaired) electrons. The Morgan fingerprint density at radius 1 is 1.28 bits per heavy atom. The molecule has 1 rings (SSSR count). The van der Waals surface area contributed by atoms with E-state index in [1.165, 1.54) is 0 Å². The van der Waals surface area contributed by atoms with Crippen LogP contribution in [0.15, 0.2) is 12.1 Å². The van der Waals surface area contributed by atoms with Gasteiger partial charge in [0.1, 0.15) is 5.75 Å². The van der Waals surface area contributed by atoms with E-state index < -0.39 is 0 Å². The Hall–Kier alpha value is -0.440. The van der Waals surface area contributed by atoms with Crippen LogP contribution < -0.4 is 10.1 Å². The van der Waals surface area contributed by atoms with Crippen molar-refractivity contribution in [1.82, 2.24) is 5.32 Å². The first kappa shape index (κ1) is 15.6. The van der Waals surface area contributed by atoms with Gasteiger partial charge >= 0.3 is 0 Å². The van der Waals surface area contributed by atoms with Crippen molar-refractivity contribution in [3.63, 3.8) is 0 Å². The molecule has 4 heteroatoms. The maximum absolute atomic E-state index is 6.19. The van der Waals surface area contributed by atoms with Crippen molar-refractivity contribution in [1.29, 1.82) is 0 Å². The summed E-state index contributed by atoms with van der Waals surface area (Å²) in [5.74, 6) is 1.37. The van der Waals surface area contributed by atoms with Crippen molar-refractivity contribution < 1.29 is 4.74 Å². The van der Waals surface area contributed by atoms with E-state index in [9.17, 15) is 0 Å². The van der Waals surface area contributed by atoms with Crippen LogP contribution in [0.4, 0.5) is 0 Å². The molecule has 1 aromatic rings. The molecule has 0 aliphatic heterocycles. The lowest BCUT2D eigenvalue weighted by molar-refractivity contribution is 0.286. The van der Waals surface area contributed by atoms with Crippen LogP contribution >= 0.6 is 23.2 Å². The minimum atomic E-state index is 0.583. The van der Waals surface area contributed by atoms with Crippen LogP contribution in [0.1, 0.15) is 32.8 Å². The van der Waals surface area contributed by atoms with E-state index in [0.29, 0.717) is 29.1 Å². The van der Waals surface area contributed by atoms with Gasteiger partial charge < -0.3 is 10.1 Å². The Morgan fingerprint density at radius 2 is 2.00 bits per heavy atom. The molecule has 0 atom stereocenters. The Kier molecular flexibility index (Phi) is 6.83. The van der Waals surface area contributed by atoms with Gasteiger partial charge in [-0.1, -0.05) is 44.0 Å². The molecule has 0 aliphatic rings. The molecule has 0 amide bonds. The molecule has 1 N–H and O–H groups in total. The van der Waals surface area contributed by atoms with Crippen LogP contribution in [-0.4, -0.2) is 13.2 Å². The second-order valence-electron chi connectivity index (χ2n) is 4.69. The second kappa shape index (κ2) is 7.88. The second-order valence-corrected chi connectivity index (χ2v) is 5.53. The van der Waals surface area contributed by atoms with Crippen molar-refractivity contribution in [3.8, 4) is 5.75 Å². The zero-order chi connectivity index (χ0) is 13.5. The molecule has 0 saturated heterocycles. The highest BCUT2D eigenvalue weighted by atomic mass is 35.5. The Bertz CT molecular complexity index is 380. The first-order valence-corrected chi connectivity index (χ1v) is 7.11. The first-order valence-electron chi connectivity index (χ1n) is 6.36. The quantitative estimate of drug-likeness (QED) is 0.796. The van der Waals surface area contributed by atoms with Crippen molar-refractivity contribution in [2.75, 3.05) is 13.2 Å². The minimum Gasteiger partial charge on any atom is -0.492 e. The normalized spacial score (nSPS) is 11.0. The van der Waals surface area contributed by atoms with Gasteiger partial charge in [-0.05, 0) is 31.0 Å². The summed E-state index contributed by atoms with van der Waals surface area (Å²) in [6, 6.07) is 3.63. The molecule has 0 spiro atoms. The average Bonchev–Trinajstić information content (AvgIpc) is 2.28. The summed E-state index contributed by atoms with van der Waals surface area (Å²) >= 11 is 12.2. The van der Waals surface area contributed by atoms with Crippen LogP contribution in [0.25, 0.3) is 0 Å². The summed E-state index contributed by atoms with van der Waals surface area (Å²) in [7, 11) is 0. The third-order valence-electron chi connectivity index (χ3n) is 2.59. The highest BCUT2D eigenvalue weighted by molar-refractivity contribution is 6.35. The fraction of sp³-hybridized carbons (Fsp3) is 0.571. The summed E-state index contributed by atoms with van der Waals surface area (Å²) in [5, 5.41) is 4.49. The van der Waals surface area contributed by atoms with Crippen molar-refractivity contribution in [2.24, 2.45) is 5.92 Å². The predicted octanol–water partition coefficient (Wildman–Crippen LogP) is 4.53. The molecule has 0 bridgehead atoms. The minimum absolute atomic E-state index is 0.583. The fourth-order valence-electron chi connectivity index (χ4n) is 1.56. The van der Waals surface area contributed by atoms with Crippen LogP contribution in [0.2, 0.25) is 10.0 Å². The molecule has 0 aliphatic carbocycles. The largest absolute Gasteiger partial charge is 0.492 e. The van der Waals surface area contributed by atoms with Crippen LogP contribution in [0, 0.1) is 5.92 Å². The van der Waals surface area contributed by atoms with Gasteiger partial charge in [-0.2, -0.15) is 0 Å². The number of halogens is 2. The number of hydrogen-bond acceptors (Lipinski definition) is 2. The van der Waals surface area contributed by atoms with E-state index in [1.807, 2.05) is 6.07 Å². The molecular formula is C14H21Cl2NO. The third kappa shape index (κ3) is 5.05. The zero-order valence-corrected chi connectivity index (χ0v) is 12.7. The zero-order valence-electron chi connectivity index (χ0n) is 11.2. The lowest BCUT2D eigenvalue weighted by Crippen LogP contribution is -2.13. The van der Waals surface area contributed by atoms with Gasteiger partial charge in [0.25, 0.3) is 0 Å². The smallest absolute Gasteiger partial charge is 0.142 e. The lowest BCUT2D eigenvalue weighted by atomic mass is 10.1. The highest BCUT2D eigenvalue weighted by Gasteiger charge is 2.10. The monoisotopic (exact) mass is 289 g/mol. The summed E-state index contributed by atoms with van der Waals surface area (Å²) in [6.45, 7) is 8.70. The summed E-state index contributed by atoms with van der Waals surface area (Å²) in [6.07, 6.45) is 1.01. The van der Waals surface area contributed by atoms with E-state index in [-0.39, 0.29) is 0 Å². The molecule has 0 aromatic heterocycles. The number of ether oxygens (including phenoxy) is 1. The standard InChI is InChI=1S/C14H21Cl2NO/c1-4-17-9-11-7-12(15)8-13(16)14(11)18-6-5-10(2)3/h7-8,10,17H,4-6,9H2,1-3H3. The van der Waals surface area contributed by atoms with E-state index in [2.05, 4.69) is 26.1 Å². The molecule has 0 fully saturated rings. The number of nitrogens with one attached hydrogen (secondary N) is 1. The van der Waals surface area contributed by atoms with Gasteiger partial charge in [0.2, 0.25) is 0 Å². The van der Waals surface area contributed by atoms with Crippen molar-refractivity contribution in [2.45, 2.75) is 33.7 Å². The Balaban J connectivity index is 2.78. The van der Waals surface area contributed by atoms with Gasteiger partial charge in [0, 0.05) is 17.1 Å². The maximum Gasteiger partial charge on any atom is 0.142 e. The Labute approximate surface area is 120 Å². The van der Waals surface area contributed by atoms with E-state index in [0.717, 1.165) is 24.3 Å².